The van der Waals surface area contributed by atoms with Gasteiger partial charge in [0.1, 0.15) is 6.10 Å². The predicted octanol–water partition coefficient (Wildman–Crippen LogP) is 1.68. The van der Waals surface area contributed by atoms with Crippen LogP contribution in [0.2, 0.25) is 4.34 Å². The fourth-order valence-corrected chi connectivity index (χ4v) is 2.91. The van der Waals surface area contributed by atoms with E-state index in [2.05, 4.69) is 16.8 Å². The van der Waals surface area contributed by atoms with E-state index in [9.17, 15) is 5.11 Å². The number of halogens is 1. The molecule has 1 saturated heterocycles. The summed E-state index contributed by atoms with van der Waals surface area (Å²) in [7, 11) is 2.13. The molecule has 1 atom stereocenters. The van der Waals surface area contributed by atoms with Crippen LogP contribution in [0.3, 0.4) is 0 Å². The Morgan fingerprint density at radius 3 is 2.62 bits per heavy atom. The van der Waals surface area contributed by atoms with Gasteiger partial charge >= 0.3 is 0 Å². The summed E-state index contributed by atoms with van der Waals surface area (Å²) >= 11 is 7.32. The lowest BCUT2D eigenvalue weighted by molar-refractivity contribution is 0.0823. The highest BCUT2D eigenvalue weighted by Gasteiger charge is 2.18. The maximum absolute atomic E-state index is 10.0. The molecular formula is C11H17ClN2OS. The summed E-state index contributed by atoms with van der Waals surface area (Å²) in [6.45, 7) is 4.94. The first-order valence-electron chi connectivity index (χ1n) is 5.49. The molecule has 0 aromatic carbocycles. The number of hydrogen-bond donors (Lipinski definition) is 1. The summed E-state index contributed by atoms with van der Waals surface area (Å²) in [6.07, 6.45) is -0.402. The molecule has 1 aliphatic rings. The maximum atomic E-state index is 10.0. The van der Waals surface area contributed by atoms with Crippen LogP contribution in [-0.4, -0.2) is 54.7 Å². The first-order valence-corrected chi connectivity index (χ1v) is 6.69. The van der Waals surface area contributed by atoms with Gasteiger partial charge in [-0.15, -0.1) is 11.3 Å². The lowest BCUT2D eigenvalue weighted by Crippen LogP contribution is -2.45. The molecule has 1 N–H and O–H groups in total. The van der Waals surface area contributed by atoms with Gasteiger partial charge in [-0.25, -0.2) is 0 Å². The van der Waals surface area contributed by atoms with Crippen LogP contribution in [0.5, 0.6) is 0 Å². The van der Waals surface area contributed by atoms with Crippen molar-refractivity contribution in [3.63, 3.8) is 0 Å². The molecule has 2 rings (SSSR count). The molecule has 0 radical (unpaired) electrons. The first kappa shape index (κ1) is 12.3. The Balaban J connectivity index is 1.85. The largest absolute Gasteiger partial charge is 0.386 e. The lowest BCUT2D eigenvalue weighted by Gasteiger charge is -2.33. The second kappa shape index (κ2) is 5.47. The number of aliphatic hydroxyl groups excluding tert-OH is 1. The van der Waals surface area contributed by atoms with E-state index in [0.29, 0.717) is 6.54 Å². The van der Waals surface area contributed by atoms with E-state index in [-0.39, 0.29) is 0 Å². The summed E-state index contributed by atoms with van der Waals surface area (Å²) in [6, 6.07) is 3.75. The Morgan fingerprint density at radius 1 is 1.38 bits per heavy atom. The van der Waals surface area contributed by atoms with Gasteiger partial charge in [0.05, 0.1) is 4.34 Å². The summed E-state index contributed by atoms with van der Waals surface area (Å²) in [5.41, 5.74) is 0. The third-order valence-electron chi connectivity index (χ3n) is 2.95. The zero-order valence-electron chi connectivity index (χ0n) is 9.40. The van der Waals surface area contributed by atoms with Crippen molar-refractivity contribution in [2.24, 2.45) is 0 Å². The van der Waals surface area contributed by atoms with Crippen molar-refractivity contribution in [3.05, 3.63) is 21.3 Å². The average Bonchev–Trinajstić information content (AvgIpc) is 2.68. The molecule has 1 aliphatic heterocycles. The standard InChI is InChI=1S/C11H17ClN2OS/c1-13-4-6-14(7-5-13)8-9(15)10-2-3-11(12)16-10/h2-3,9,15H,4-8H2,1H3. The Labute approximate surface area is 105 Å². The summed E-state index contributed by atoms with van der Waals surface area (Å²) in [5.74, 6) is 0. The third-order valence-corrected chi connectivity index (χ3v) is 4.28. The minimum atomic E-state index is -0.402. The van der Waals surface area contributed by atoms with Gasteiger partial charge in [-0.3, -0.25) is 4.90 Å². The van der Waals surface area contributed by atoms with Crippen LogP contribution in [0.15, 0.2) is 12.1 Å². The smallest absolute Gasteiger partial charge is 0.101 e. The van der Waals surface area contributed by atoms with Crippen molar-refractivity contribution < 1.29 is 5.11 Å². The highest BCUT2D eigenvalue weighted by molar-refractivity contribution is 7.16. The highest BCUT2D eigenvalue weighted by Crippen LogP contribution is 2.27. The summed E-state index contributed by atoms with van der Waals surface area (Å²) in [4.78, 5) is 5.58. The van der Waals surface area contributed by atoms with Crippen molar-refractivity contribution in [3.8, 4) is 0 Å². The third kappa shape index (κ3) is 3.18. The quantitative estimate of drug-likeness (QED) is 0.896. The molecule has 1 fully saturated rings. The van der Waals surface area contributed by atoms with Gasteiger partial charge in [0, 0.05) is 37.6 Å². The van der Waals surface area contributed by atoms with E-state index in [0.717, 1.165) is 35.4 Å². The zero-order chi connectivity index (χ0) is 11.5. The van der Waals surface area contributed by atoms with E-state index < -0.39 is 6.10 Å². The van der Waals surface area contributed by atoms with Crippen molar-refractivity contribution in [2.75, 3.05) is 39.8 Å². The number of piperazine rings is 1. The van der Waals surface area contributed by atoms with Crippen LogP contribution in [-0.2, 0) is 0 Å². The van der Waals surface area contributed by atoms with E-state index in [1.807, 2.05) is 12.1 Å². The molecule has 0 aliphatic carbocycles. The minimum absolute atomic E-state index is 0.402. The fraction of sp³-hybridized carbons (Fsp3) is 0.636. The monoisotopic (exact) mass is 260 g/mol. The number of rotatable bonds is 3. The number of likely N-dealkylation sites (N-methyl/N-ethyl adjacent to an activating group) is 1. The molecule has 0 spiro atoms. The maximum Gasteiger partial charge on any atom is 0.101 e. The van der Waals surface area contributed by atoms with Crippen LogP contribution < -0.4 is 0 Å². The Bertz CT molecular complexity index is 336. The molecular weight excluding hydrogens is 244 g/mol. The van der Waals surface area contributed by atoms with Crippen molar-refractivity contribution in [1.29, 1.82) is 0 Å². The van der Waals surface area contributed by atoms with Crippen LogP contribution in [0.1, 0.15) is 11.0 Å². The molecule has 0 bridgehead atoms. The molecule has 0 saturated carbocycles. The van der Waals surface area contributed by atoms with Crippen molar-refractivity contribution in [1.82, 2.24) is 9.80 Å². The van der Waals surface area contributed by atoms with Crippen LogP contribution in [0, 0.1) is 0 Å². The van der Waals surface area contributed by atoms with Crippen LogP contribution in [0.4, 0.5) is 0 Å². The molecule has 3 nitrogen and oxygen atoms in total. The fourth-order valence-electron chi connectivity index (χ4n) is 1.87. The average molecular weight is 261 g/mol. The second-order valence-electron chi connectivity index (χ2n) is 4.26. The molecule has 0 amide bonds. The number of hydrogen-bond acceptors (Lipinski definition) is 4. The Morgan fingerprint density at radius 2 is 2.06 bits per heavy atom. The molecule has 1 aromatic heterocycles. The molecule has 1 unspecified atom stereocenters. The van der Waals surface area contributed by atoms with E-state index in [4.69, 9.17) is 11.6 Å². The highest BCUT2D eigenvalue weighted by atomic mass is 35.5. The van der Waals surface area contributed by atoms with E-state index in [1.54, 1.807) is 0 Å². The predicted molar refractivity (Wildman–Crippen MR) is 68.2 cm³/mol. The number of nitrogens with zero attached hydrogens (tertiary/aromatic N) is 2. The topological polar surface area (TPSA) is 26.7 Å². The summed E-state index contributed by atoms with van der Waals surface area (Å²) < 4.78 is 0.743. The van der Waals surface area contributed by atoms with Crippen molar-refractivity contribution in [2.45, 2.75) is 6.10 Å². The van der Waals surface area contributed by atoms with Gasteiger partial charge in [0.15, 0.2) is 0 Å². The number of thiophene rings is 1. The first-order chi connectivity index (χ1) is 7.65. The Kier molecular flexibility index (Phi) is 4.21. The normalized spacial score (nSPS) is 21.2. The van der Waals surface area contributed by atoms with E-state index >= 15 is 0 Å². The molecule has 90 valence electrons. The SMILES string of the molecule is CN1CCN(CC(O)c2ccc(Cl)s2)CC1. The molecule has 2 heterocycles. The Hall–Kier alpha value is -0.130. The van der Waals surface area contributed by atoms with Crippen LogP contribution in [0.25, 0.3) is 0 Å². The van der Waals surface area contributed by atoms with Gasteiger partial charge in [-0.2, -0.15) is 0 Å². The van der Waals surface area contributed by atoms with E-state index in [1.165, 1.54) is 11.3 Å². The van der Waals surface area contributed by atoms with Gasteiger partial charge < -0.3 is 10.0 Å². The van der Waals surface area contributed by atoms with Crippen LogP contribution >= 0.6 is 22.9 Å². The van der Waals surface area contributed by atoms with Gasteiger partial charge in [-0.1, -0.05) is 11.6 Å². The van der Waals surface area contributed by atoms with Gasteiger partial charge in [0.25, 0.3) is 0 Å². The zero-order valence-corrected chi connectivity index (χ0v) is 11.0. The summed E-state index contributed by atoms with van der Waals surface area (Å²) in [5, 5.41) is 10.0. The molecule has 16 heavy (non-hydrogen) atoms. The van der Waals surface area contributed by atoms with Gasteiger partial charge in [0.2, 0.25) is 0 Å². The number of aliphatic hydroxyl groups is 1. The molecule has 5 heteroatoms. The number of β-amino-alcohol motifs (C(OH)–C–C–N with tert-alkyl or cyclic N) is 1. The molecule has 1 aromatic rings. The van der Waals surface area contributed by atoms with Gasteiger partial charge in [-0.05, 0) is 19.2 Å². The van der Waals surface area contributed by atoms with Crippen molar-refractivity contribution >= 4 is 22.9 Å². The minimum Gasteiger partial charge on any atom is -0.386 e. The second-order valence-corrected chi connectivity index (χ2v) is 6.01. The lowest BCUT2D eigenvalue weighted by atomic mass is 10.2.